The lowest BCUT2D eigenvalue weighted by Gasteiger charge is -2.32. The molecule has 0 bridgehead atoms. The summed E-state index contributed by atoms with van der Waals surface area (Å²) in [7, 11) is 0. The van der Waals surface area contributed by atoms with Crippen molar-refractivity contribution in [1.29, 1.82) is 0 Å². The number of likely N-dealkylation sites (tertiary alicyclic amines) is 1. The Labute approximate surface area is 135 Å². The van der Waals surface area contributed by atoms with Crippen molar-refractivity contribution in [3.05, 3.63) is 0 Å². The minimum Gasteiger partial charge on any atom is -0.353 e. The number of piperidine rings is 1. The van der Waals surface area contributed by atoms with E-state index in [-0.39, 0.29) is 11.9 Å². The highest BCUT2D eigenvalue weighted by Crippen LogP contribution is 2.29. The van der Waals surface area contributed by atoms with E-state index in [1.165, 1.54) is 24.6 Å². The second-order valence-corrected chi connectivity index (χ2v) is 7.34. The van der Waals surface area contributed by atoms with Crippen LogP contribution in [0.1, 0.15) is 45.6 Å². The molecule has 1 aliphatic carbocycles. The maximum absolute atomic E-state index is 12.1. The summed E-state index contributed by atoms with van der Waals surface area (Å²) in [6.07, 6.45) is 4.85. The zero-order valence-corrected chi connectivity index (χ0v) is 14.1. The lowest BCUT2D eigenvalue weighted by Crippen LogP contribution is -2.45. The van der Waals surface area contributed by atoms with E-state index in [1.807, 2.05) is 13.8 Å². The highest BCUT2D eigenvalue weighted by molar-refractivity contribution is 7.99. The maximum atomic E-state index is 12.1. The summed E-state index contributed by atoms with van der Waals surface area (Å²) in [6, 6.07) is 1.36. The molecule has 1 aromatic heterocycles. The highest BCUT2D eigenvalue weighted by atomic mass is 32.2. The summed E-state index contributed by atoms with van der Waals surface area (Å²) < 4.78 is 1.74. The van der Waals surface area contributed by atoms with Gasteiger partial charge in [0.25, 0.3) is 0 Å². The number of carbonyl (C=O) groups excluding carboxylic acids is 1. The van der Waals surface area contributed by atoms with E-state index in [0.717, 1.165) is 32.0 Å². The van der Waals surface area contributed by atoms with Crippen LogP contribution in [0, 0.1) is 0 Å². The number of amides is 1. The highest BCUT2D eigenvalue weighted by Gasteiger charge is 2.32. The van der Waals surface area contributed by atoms with Gasteiger partial charge in [-0.2, -0.15) is 0 Å². The normalized spacial score (nSPS) is 20.5. The molecule has 1 saturated carbocycles. The first-order valence-electron chi connectivity index (χ1n) is 8.07. The summed E-state index contributed by atoms with van der Waals surface area (Å²) in [5, 5.41) is 15.4. The van der Waals surface area contributed by atoms with Crippen LogP contribution in [-0.4, -0.2) is 61.9 Å². The van der Waals surface area contributed by atoms with Crippen LogP contribution >= 0.6 is 11.8 Å². The second-order valence-electron chi connectivity index (χ2n) is 6.40. The average Bonchev–Trinajstić information content (AvgIpc) is 3.23. The van der Waals surface area contributed by atoms with Crippen molar-refractivity contribution in [2.45, 2.75) is 62.8 Å². The average molecular weight is 324 g/mol. The zero-order valence-electron chi connectivity index (χ0n) is 13.2. The molecule has 7 nitrogen and oxygen atoms in total. The summed E-state index contributed by atoms with van der Waals surface area (Å²) in [5.41, 5.74) is 0. The van der Waals surface area contributed by atoms with Gasteiger partial charge in [0.05, 0.1) is 11.8 Å². The molecule has 1 saturated heterocycles. The Kier molecular flexibility index (Phi) is 4.97. The van der Waals surface area contributed by atoms with E-state index in [1.54, 1.807) is 4.68 Å². The molecule has 1 N–H and O–H groups in total. The summed E-state index contributed by atoms with van der Waals surface area (Å²) in [6.45, 7) is 6.28. The van der Waals surface area contributed by atoms with Gasteiger partial charge in [-0.25, -0.2) is 4.68 Å². The third-order valence-electron chi connectivity index (χ3n) is 4.24. The molecule has 0 atom stereocenters. The van der Waals surface area contributed by atoms with Crippen molar-refractivity contribution in [2.75, 3.05) is 18.8 Å². The summed E-state index contributed by atoms with van der Waals surface area (Å²) in [4.78, 5) is 14.7. The van der Waals surface area contributed by atoms with Crippen molar-refractivity contribution in [2.24, 2.45) is 0 Å². The van der Waals surface area contributed by atoms with E-state index in [9.17, 15) is 4.79 Å². The van der Waals surface area contributed by atoms with Crippen LogP contribution in [0.15, 0.2) is 5.16 Å². The molecule has 0 radical (unpaired) electrons. The smallest absolute Gasteiger partial charge is 0.230 e. The molecule has 2 fully saturated rings. The van der Waals surface area contributed by atoms with Crippen LogP contribution in [-0.2, 0) is 4.79 Å². The summed E-state index contributed by atoms with van der Waals surface area (Å²) >= 11 is 1.40. The number of nitrogens with one attached hydrogen (secondary N) is 1. The first kappa shape index (κ1) is 15.7. The topological polar surface area (TPSA) is 75.9 Å². The van der Waals surface area contributed by atoms with Gasteiger partial charge >= 0.3 is 0 Å². The van der Waals surface area contributed by atoms with Gasteiger partial charge in [0.15, 0.2) is 0 Å². The molecule has 1 amide bonds. The fourth-order valence-corrected chi connectivity index (χ4v) is 3.67. The Hall–Kier alpha value is -1.15. The monoisotopic (exact) mass is 324 g/mol. The Morgan fingerprint density at radius 1 is 1.32 bits per heavy atom. The molecule has 22 heavy (non-hydrogen) atoms. The van der Waals surface area contributed by atoms with Gasteiger partial charge in [-0.1, -0.05) is 11.8 Å². The summed E-state index contributed by atoms with van der Waals surface area (Å²) in [5.74, 6) is 0.448. The Morgan fingerprint density at radius 3 is 2.68 bits per heavy atom. The largest absolute Gasteiger partial charge is 0.353 e. The van der Waals surface area contributed by atoms with E-state index in [4.69, 9.17) is 0 Å². The van der Waals surface area contributed by atoms with Gasteiger partial charge < -0.3 is 10.2 Å². The number of thioether (sulfide) groups is 1. The third-order valence-corrected chi connectivity index (χ3v) is 5.18. The molecule has 2 aliphatic rings. The van der Waals surface area contributed by atoms with Gasteiger partial charge in [0.2, 0.25) is 11.1 Å². The molecular formula is C14H24N6OS. The molecule has 8 heteroatoms. The molecule has 2 heterocycles. The number of tetrazole rings is 1. The number of nitrogens with zero attached hydrogens (tertiary/aromatic N) is 5. The van der Waals surface area contributed by atoms with Crippen molar-refractivity contribution in [3.8, 4) is 0 Å². The van der Waals surface area contributed by atoms with Crippen LogP contribution < -0.4 is 5.32 Å². The van der Waals surface area contributed by atoms with Crippen molar-refractivity contribution in [1.82, 2.24) is 30.4 Å². The van der Waals surface area contributed by atoms with Crippen molar-refractivity contribution >= 4 is 17.7 Å². The predicted molar refractivity (Wildman–Crippen MR) is 84.7 cm³/mol. The first-order valence-corrected chi connectivity index (χ1v) is 9.06. The van der Waals surface area contributed by atoms with Crippen molar-refractivity contribution in [3.63, 3.8) is 0 Å². The van der Waals surface area contributed by atoms with E-state index >= 15 is 0 Å². The SMILES string of the molecule is CC(C)n1nnnc1SCC(=O)NC1CCN(C2CC2)CC1. The number of hydrogen-bond donors (Lipinski definition) is 1. The van der Waals surface area contributed by atoms with Gasteiger partial charge in [0.1, 0.15) is 0 Å². The van der Waals surface area contributed by atoms with Gasteiger partial charge in [-0.3, -0.25) is 4.79 Å². The first-order chi connectivity index (χ1) is 10.6. The molecule has 0 unspecified atom stereocenters. The van der Waals surface area contributed by atoms with E-state index in [2.05, 4.69) is 25.7 Å². The van der Waals surface area contributed by atoms with Gasteiger partial charge in [-0.05, 0) is 50.0 Å². The molecule has 0 aromatic carbocycles. The quantitative estimate of drug-likeness (QED) is 0.790. The fraction of sp³-hybridized carbons (Fsp3) is 0.857. The standard InChI is InChI=1S/C14H24N6OS/c1-10(2)20-14(16-17-18-20)22-9-13(21)15-11-5-7-19(8-6-11)12-3-4-12/h10-12H,3-9H2,1-2H3,(H,15,21). The van der Waals surface area contributed by atoms with Crippen LogP contribution in [0.5, 0.6) is 0 Å². The van der Waals surface area contributed by atoms with Crippen LogP contribution in [0.3, 0.4) is 0 Å². The predicted octanol–water partition coefficient (Wildman–Crippen LogP) is 1.09. The number of aromatic nitrogens is 4. The second kappa shape index (κ2) is 6.95. The molecular weight excluding hydrogens is 300 g/mol. The third kappa shape index (κ3) is 3.98. The Balaban J connectivity index is 1.40. The number of hydrogen-bond acceptors (Lipinski definition) is 6. The number of carbonyl (C=O) groups is 1. The molecule has 122 valence electrons. The van der Waals surface area contributed by atoms with Crippen LogP contribution in [0.25, 0.3) is 0 Å². The van der Waals surface area contributed by atoms with E-state index in [0.29, 0.717) is 17.0 Å². The Morgan fingerprint density at radius 2 is 2.05 bits per heavy atom. The lowest BCUT2D eigenvalue weighted by molar-refractivity contribution is -0.119. The Bertz CT molecular complexity index is 507. The maximum Gasteiger partial charge on any atom is 0.230 e. The lowest BCUT2D eigenvalue weighted by atomic mass is 10.1. The molecule has 1 aromatic rings. The minimum absolute atomic E-state index is 0.0770. The van der Waals surface area contributed by atoms with Crippen LogP contribution in [0.2, 0.25) is 0 Å². The van der Waals surface area contributed by atoms with E-state index < -0.39 is 0 Å². The zero-order chi connectivity index (χ0) is 15.5. The molecule has 3 rings (SSSR count). The molecule has 1 aliphatic heterocycles. The number of rotatable bonds is 6. The van der Waals surface area contributed by atoms with Crippen molar-refractivity contribution < 1.29 is 4.79 Å². The van der Waals surface area contributed by atoms with Gasteiger partial charge in [-0.15, -0.1) is 5.10 Å². The van der Waals surface area contributed by atoms with Crippen LogP contribution in [0.4, 0.5) is 0 Å². The van der Waals surface area contributed by atoms with Gasteiger partial charge in [0, 0.05) is 25.2 Å². The molecule has 0 spiro atoms. The fourth-order valence-electron chi connectivity index (χ4n) is 2.85. The minimum atomic E-state index is 0.0770.